The van der Waals surface area contributed by atoms with Crippen LogP contribution in [0.2, 0.25) is 0 Å². The van der Waals surface area contributed by atoms with Crippen molar-refractivity contribution in [2.75, 3.05) is 11.5 Å². The second kappa shape index (κ2) is 6.62. The third-order valence-electron chi connectivity index (χ3n) is 2.58. The first-order valence-electron chi connectivity index (χ1n) is 5.91. The maximum Gasteiger partial charge on any atom is 0.218 e. The van der Waals surface area contributed by atoms with E-state index in [4.69, 9.17) is 5.73 Å². The van der Waals surface area contributed by atoms with Crippen molar-refractivity contribution in [3.63, 3.8) is 0 Å². The van der Waals surface area contributed by atoms with Gasteiger partial charge in [-0.2, -0.15) is 0 Å². The van der Waals surface area contributed by atoms with Gasteiger partial charge in [0.1, 0.15) is 5.69 Å². The molecule has 0 spiro atoms. The summed E-state index contributed by atoms with van der Waals surface area (Å²) in [5.41, 5.74) is 5.31. The minimum atomic E-state index is -3.34. The van der Waals surface area contributed by atoms with Crippen molar-refractivity contribution in [1.29, 1.82) is 0 Å². The Balaban J connectivity index is 2.52. The molecule has 0 aliphatic carbocycles. The monoisotopic (exact) mass is 290 g/mol. The molecular weight excluding hydrogens is 272 g/mol. The number of aliphatic hydroxyl groups is 1. The summed E-state index contributed by atoms with van der Waals surface area (Å²) in [5, 5.41) is 17.0. The van der Waals surface area contributed by atoms with Crippen LogP contribution in [0.3, 0.4) is 0 Å². The van der Waals surface area contributed by atoms with E-state index in [2.05, 4.69) is 10.3 Å². The van der Waals surface area contributed by atoms with E-state index in [0.717, 1.165) is 0 Å². The van der Waals surface area contributed by atoms with Crippen molar-refractivity contribution in [2.24, 2.45) is 5.73 Å². The van der Waals surface area contributed by atoms with E-state index in [1.807, 2.05) is 0 Å². The number of aryl methyl sites for hydroxylation is 1. The maximum absolute atomic E-state index is 11.6. The number of rotatable bonds is 8. The number of nitrogens with zero attached hydrogens (tertiary/aromatic N) is 3. The fraction of sp³-hybridized carbons (Fsp3) is 0.700. The van der Waals surface area contributed by atoms with Crippen molar-refractivity contribution in [3.8, 4) is 0 Å². The molecule has 0 bridgehead atoms. The van der Waals surface area contributed by atoms with Gasteiger partial charge in [-0.1, -0.05) is 12.1 Å². The molecule has 8 nitrogen and oxygen atoms in total. The average Bonchev–Trinajstić information content (AvgIpc) is 2.82. The number of nitrogens with two attached hydrogens (primary N) is 1. The molecule has 1 aromatic heterocycles. The van der Waals surface area contributed by atoms with Gasteiger partial charge in [-0.3, -0.25) is 9.48 Å². The zero-order valence-electron chi connectivity index (χ0n) is 10.7. The molecule has 1 atom stereocenters. The van der Waals surface area contributed by atoms with Gasteiger partial charge in [0.2, 0.25) is 5.91 Å². The lowest BCUT2D eigenvalue weighted by Gasteiger charge is -2.03. The highest BCUT2D eigenvalue weighted by molar-refractivity contribution is 7.91. The predicted octanol–water partition coefficient (Wildman–Crippen LogP) is -0.988. The fourth-order valence-corrected chi connectivity index (χ4v) is 2.56. The Morgan fingerprint density at radius 3 is 2.79 bits per heavy atom. The van der Waals surface area contributed by atoms with Crippen LogP contribution in [0.4, 0.5) is 0 Å². The van der Waals surface area contributed by atoms with E-state index in [0.29, 0.717) is 12.1 Å². The normalized spacial score (nSPS) is 13.4. The van der Waals surface area contributed by atoms with Crippen LogP contribution < -0.4 is 5.73 Å². The van der Waals surface area contributed by atoms with Crippen molar-refractivity contribution >= 4 is 15.7 Å². The van der Waals surface area contributed by atoms with E-state index in [-0.39, 0.29) is 24.5 Å². The number of carbonyl (C=O) groups is 1. The molecule has 1 aromatic rings. The topological polar surface area (TPSA) is 128 Å². The highest BCUT2D eigenvalue weighted by Gasteiger charge is 2.14. The lowest BCUT2D eigenvalue weighted by molar-refractivity contribution is -0.117. The zero-order valence-corrected chi connectivity index (χ0v) is 11.5. The predicted molar refractivity (Wildman–Crippen MR) is 67.7 cm³/mol. The van der Waals surface area contributed by atoms with Crippen LogP contribution in [-0.2, 0) is 21.2 Å². The van der Waals surface area contributed by atoms with Crippen molar-refractivity contribution < 1.29 is 18.3 Å². The lowest BCUT2D eigenvalue weighted by Crippen LogP contribution is -2.21. The van der Waals surface area contributed by atoms with Crippen LogP contribution >= 0.6 is 0 Å². The van der Waals surface area contributed by atoms with E-state index in [1.54, 1.807) is 6.92 Å². The summed E-state index contributed by atoms with van der Waals surface area (Å²) >= 11 is 0. The molecule has 0 saturated carbocycles. The summed E-state index contributed by atoms with van der Waals surface area (Å²) in [4.78, 5) is 10.5. The molecule has 108 valence electrons. The minimum absolute atomic E-state index is 0.129. The van der Waals surface area contributed by atoms with Gasteiger partial charge in [0, 0.05) is 6.42 Å². The number of primary amides is 1. The van der Waals surface area contributed by atoms with Crippen LogP contribution in [0.5, 0.6) is 0 Å². The Bertz CT molecular complexity index is 525. The van der Waals surface area contributed by atoms with E-state index < -0.39 is 21.8 Å². The third-order valence-corrected chi connectivity index (χ3v) is 4.21. The van der Waals surface area contributed by atoms with Gasteiger partial charge >= 0.3 is 0 Å². The second-order valence-electron chi connectivity index (χ2n) is 4.20. The number of sulfone groups is 1. The Labute approximate surface area is 111 Å². The number of aromatic nitrogens is 3. The molecule has 0 aliphatic heterocycles. The van der Waals surface area contributed by atoms with Gasteiger partial charge in [-0.15, -0.1) is 5.10 Å². The largest absolute Gasteiger partial charge is 0.387 e. The van der Waals surface area contributed by atoms with Crippen molar-refractivity contribution in [3.05, 3.63) is 11.9 Å². The smallest absolute Gasteiger partial charge is 0.218 e. The Morgan fingerprint density at radius 2 is 2.21 bits per heavy atom. The molecule has 0 aliphatic rings. The van der Waals surface area contributed by atoms with Gasteiger partial charge in [-0.05, 0) is 6.42 Å². The van der Waals surface area contributed by atoms with Crippen molar-refractivity contribution in [2.45, 2.75) is 32.4 Å². The summed E-state index contributed by atoms with van der Waals surface area (Å²) in [6.45, 7) is 1.93. The standard InChI is InChI=1S/C10H18N4O4S/c1-2-9(15)8-7-14(13-12-8)4-6-19(17,18)5-3-10(11)16/h7,9,15H,2-6H2,1H3,(H2,11,16). The van der Waals surface area contributed by atoms with Crippen LogP contribution in [0.25, 0.3) is 0 Å². The van der Waals surface area contributed by atoms with Crippen LogP contribution in [0, 0.1) is 0 Å². The van der Waals surface area contributed by atoms with Gasteiger partial charge in [0.15, 0.2) is 9.84 Å². The molecule has 0 fully saturated rings. The number of aliphatic hydroxyl groups excluding tert-OH is 1. The molecule has 1 rings (SSSR count). The summed E-state index contributed by atoms with van der Waals surface area (Å²) < 4.78 is 24.5. The van der Waals surface area contributed by atoms with Gasteiger partial charge < -0.3 is 10.8 Å². The highest BCUT2D eigenvalue weighted by Crippen LogP contribution is 2.11. The molecule has 0 saturated heterocycles. The maximum atomic E-state index is 11.6. The van der Waals surface area contributed by atoms with Crippen LogP contribution in [0.15, 0.2) is 6.20 Å². The average molecular weight is 290 g/mol. The number of amides is 1. The summed E-state index contributed by atoms with van der Waals surface area (Å²) in [7, 11) is -3.34. The molecule has 1 heterocycles. The number of hydrogen-bond donors (Lipinski definition) is 2. The highest BCUT2D eigenvalue weighted by atomic mass is 32.2. The minimum Gasteiger partial charge on any atom is -0.387 e. The fourth-order valence-electron chi connectivity index (χ4n) is 1.38. The molecule has 19 heavy (non-hydrogen) atoms. The van der Waals surface area contributed by atoms with Gasteiger partial charge in [0.25, 0.3) is 0 Å². The summed E-state index contributed by atoms with van der Waals surface area (Å²) in [5.74, 6) is -1.05. The second-order valence-corrected chi connectivity index (χ2v) is 6.50. The third kappa shape index (κ3) is 5.35. The molecule has 3 N–H and O–H groups in total. The molecule has 1 unspecified atom stereocenters. The quantitative estimate of drug-likeness (QED) is 0.632. The molecule has 0 aromatic carbocycles. The first-order chi connectivity index (χ1) is 8.84. The van der Waals surface area contributed by atoms with Crippen LogP contribution in [-0.4, -0.2) is 45.9 Å². The Hall–Kier alpha value is -1.48. The molecule has 9 heteroatoms. The Kier molecular flexibility index (Phi) is 5.43. The Morgan fingerprint density at radius 1 is 1.53 bits per heavy atom. The summed E-state index contributed by atoms with van der Waals surface area (Å²) in [6.07, 6.45) is 1.15. The van der Waals surface area contributed by atoms with E-state index in [9.17, 15) is 18.3 Å². The molecular formula is C10H18N4O4S. The van der Waals surface area contributed by atoms with Gasteiger partial charge in [-0.25, -0.2) is 8.42 Å². The SMILES string of the molecule is CCC(O)c1cn(CCS(=O)(=O)CCC(N)=O)nn1. The summed E-state index contributed by atoms with van der Waals surface area (Å²) in [6, 6.07) is 0. The lowest BCUT2D eigenvalue weighted by atomic mass is 10.2. The van der Waals surface area contributed by atoms with E-state index >= 15 is 0 Å². The van der Waals surface area contributed by atoms with E-state index in [1.165, 1.54) is 10.9 Å². The number of hydrogen-bond acceptors (Lipinski definition) is 6. The molecule has 1 amide bonds. The first-order valence-corrected chi connectivity index (χ1v) is 7.73. The van der Waals surface area contributed by atoms with Crippen LogP contribution in [0.1, 0.15) is 31.6 Å². The first kappa shape index (κ1) is 15.6. The van der Waals surface area contributed by atoms with Crippen molar-refractivity contribution in [1.82, 2.24) is 15.0 Å². The molecule has 0 radical (unpaired) electrons. The number of carbonyl (C=O) groups excluding carboxylic acids is 1. The zero-order chi connectivity index (χ0) is 14.5. The van der Waals surface area contributed by atoms with Gasteiger partial charge in [0.05, 0.1) is 30.4 Å².